The van der Waals surface area contributed by atoms with Crippen LogP contribution in [0.15, 0.2) is 34.9 Å². The van der Waals surface area contributed by atoms with Crippen molar-refractivity contribution in [3.8, 4) is 17.2 Å². The van der Waals surface area contributed by atoms with E-state index in [1.165, 1.54) is 0 Å². The second-order valence-electron chi connectivity index (χ2n) is 4.22. The van der Waals surface area contributed by atoms with Crippen molar-refractivity contribution in [2.45, 2.75) is 60.8 Å². The molecular weight excluding hydrogens is 274 g/mol. The van der Waals surface area contributed by atoms with Crippen LogP contribution in [-0.4, -0.2) is 11.6 Å². The van der Waals surface area contributed by atoms with Crippen LogP contribution in [0.25, 0.3) is 11.5 Å². The maximum absolute atomic E-state index is 5.61. The van der Waals surface area contributed by atoms with Crippen molar-refractivity contribution < 1.29 is 9.15 Å². The molecule has 0 radical (unpaired) electrons. The van der Waals surface area contributed by atoms with Gasteiger partial charge in [-0.15, -0.1) is 0 Å². The number of hydrogen-bond acceptors (Lipinski definition) is 3. The molecule has 0 bridgehead atoms. The molecule has 3 nitrogen and oxygen atoms in total. The summed E-state index contributed by atoms with van der Waals surface area (Å²) in [6.45, 7) is 13.0. The Morgan fingerprint density at radius 1 is 1.00 bits per heavy atom. The Morgan fingerprint density at radius 2 is 1.64 bits per heavy atom. The molecule has 22 heavy (non-hydrogen) atoms. The van der Waals surface area contributed by atoms with Crippen molar-refractivity contribution in [3.63, 3.8) is 0 Å². The first-order valence-corrected chi connectivity index (χ1v) is 8.51. The maximum atomic E-state index is 5.61. The molecule has 0 N–H and O–H groups in total. The monoisotopic (exact) mass is 305 g/mol. The average Bonchev–Trinajstić information content (AvgIpc) is 3.08. The molecule has 2 aromatic rings. The van der Waals surface area contributed by atoms with Crippen LogP contribution in [0, 0.1) is 0 Å². The predicted molar refractivity (Wildman–Crippen MR) is 94.4 cm³/mol. The third-order valence-electron chi connectivity index (χ3n) is 2.78. The summed E-state index contributed by atoms with van der Waals surface area (Å²) in [6, 6.07) is 7.88. The van der Waals surface area contributed by atoms with E-state index in [4.69, 9.17) is 9.15 Å². The molecule has 0 aliphatic rings. The molecule has 0 aliphatic heterocycles. The van der Waals surface area contributed by atoms with Gasteiger partial charge in [-0.2, -0.15) is 0 Å². The number of hydrogen-bond donors (Lipinski definition) is 0. The van der Waals surface area contributed by atoms with Crippen LogP contribution in [0.2, 0.25) is 0 Å². The first-order chi connectivity index (χ1) is 10.8. The van der Waals surface area contributed by atoms with Crippen LogP contribution in [0.4, 0.5) is 0 Å². The summed E-state index contributed by atoms with van der Waals surface area (Å²) in [5.41, 5.74) is 1.96. The second kappa shape index (κ2) is 12.9. The summed E-state index contributed by atoms with van der Waals surface area (Å²) in [5, 5.41) is 0. The van der Waals surface area contributed by atoms with Gasteiger partial charge in [0.2, 0.25) is 5.89 Å². The van der Waals surface area contributed by atoms with E-state index in [0.717, 1.165) is 42.9 Å². The van der Waals surface area contributed by atoms with Crippen LogP contribution < -0.4 is 4.74 Å². The van der Waals surface area contributed by atoms with Crippen molar-refractivity contribution in [1.82, 2.24) is 4.98 Å². The SMILES string of the molecule is CC.CC.CCCCOc1ccc(-c2nc(CC)co2)cc1. The molecule has 1 aromatic carbocycles. The highest BCUT2D eigenvalue weighted by Crippen LogP contribution is 2.22. The first-order valence-electron chi connectivity index (χ1n) is 8.51. The summed E-state index contributed by atoms with van der Waals surface area (Å²) in [6.07, 6.45) is 4.83. The van der Waals surface area contributed by atoms with Gasteiger partial charge in [0.25, 0.3) is 0 Å². The fraction of sp³-hybridized carbons (Fsp3) is 0.526. The third kappa shape index (κ3) is 6.79. The van der Waals surface area contributed by atoms with Crippen molar-refractivity contribution in [1.29, 1.82) is 0 Å². The predicted octanol–water partition coefficient (Wildman–Crippen LogP) is 6.14. The van der Waals surface area contributed by atoms with Gasteiger partial charge in [-0.05, 0) is 37.1 Å². The lowest BCUT2D eigenvalue weighted by atomic mass is 10.2. The van der Waals surface area contributed by atoms with Gasteiger partial charge in [-0.25, -0.2) is 4.98 Å². The van der Waals surface area contributed by atoms with Gasteiger partial charge in [0.15, 0.2) is 0 Å². The van der Waals surface area contributed by atoms with E-state index in [1.807, 2.05) is 52.0 Å². The van der Waals surface area contributed by atoms with Gasteiger partial charge in [0, 0.05) is 5.56 Å². The number of unbranched alkanes of at least 4 members (excludes halogenated alkanes) is 1. The van der Waals surface area contributed by atoms with Crippen LogP contribution in [-0.2, 0) is 6.42 Å². The highest BCUT2D eigenvalue weighted by Gasteiger charge is 2.05. The Labute approximate surface area is 135 Å². The number of aromatic nitrogens is 1. The smallest absolute Gasteiger partial charge is 0.226 e. The zero-order valence-corrected chi connectivity index (χ0v) is 15.0. The summed E-state index contributed by atoms with van der Waals surface area (Å²) in [4.78, 5) is 4.40. The molecule has 0 saturated heterocycles. The Bertz CT molecular complexity index is 474. The Balaban J connectivity index is 0.00000102. The third-order valence-corrected chi connectivity index (χ3v) is 2.78. The molecule has 0 unspecified atom stereocenters. The Morgan fingerprint density at radius 3 is 2.14 bits per heavy atom. The minimum atomic E-state index is 0.673. The van der Waals surface area contributed by atoms with Crippen molar-refractivity contribution in [2.75, 3.05) is 6.61 Å². The molecule has 0 atom stereocenters. The van der Waals surface area contributed by atoms with Crippen LogP contribution in [0.5, 0.6) is 5.75 Å². The van der Waals surface area contributed by atoms with E-state index in [9.17, 15) is 0 Å². The molecule has 3 heteroatoms. The highest BCUT2D eigenvalue weighted by molar-refractivity contribution is 5.54. The number of nitrogens with zero attached hydrogens (tertiary/aromatic N) is 1. The van der Waals surface area contributed by atoms with Gasteiger partial charge in [0.1, 0.15) is 12.0 Å². The van der Waals surface area contributed by atoms with E-state index >= 15 is 0 Å². The highest BCUT2D eigenvalue weighted by atomic mass is 16.5. The standard InChI is InChI=1S/C15H19NO2.2C2H6/c1-3-5-10-17-14-8-6-12(7-9-14)15-16-13(4-2)11-18-15;2*1-2/h6-9,11H,3-5,10H2,1-2H3;2*1-2H3. The van der Waals surface area contributed by atoms with E-state index in [1.54, 1.807) is 6.26 Å². The van der Waals surface area contributed by atoms with E-state index in [0.29, 0.717) is 5.89 Å². The molecule has 124 valence electrons. The molecule has 0 aliphatic carbocycles. The summed E-state index contributed by atoms with van der Waals surface area (Å²) in [7, 11) is 0. The quantitative estimate of drug-likeness (QED) is 0.602. The molecule has 1 aromatic heterocycles. The molecular formula is C19H31NO2. The molecule has 0 amide bonds. The van der Waals surface area contributed by atoms with Crippen molar-refractivity contribution in [2.24, 2.45) is 0 Å². The minimum Gasteiger partial charge on any atom is -0.494 e. The van der Waals surface area contributed by atoms with Crippen molar-refractivity contribution in [3.05, 3.63) is 36.2 Å². The number of benzene rings is 1. The summed E-state index contributed by atoms with van der Waals surface area (Å²) in [5.74, 6) is 1.57. The summed E-state index contributed by atoms with van der Waals surface area (Å²) < 4.78 is 11.0. The van der Waals surface area contributed by atoms with Crippen LogP contribution in [0.1, 0.15) is 60.1 Å². The van der Waals surface area contributed by atoms with Gasteiger partial charge < -0.3 is 9.15 Å². The van der Waals surface area contributed by atoms with E-state index in [-0.39, 0.29) is 0 Å². The van der Waals surface area contributed by atoms with Crippen molar-refractivity contribution >= 4 is 0 Å². The normalized spacial score (nSPS) is 9.18. The van der Waals surface area contributed by atoms with Gasteiger partial charge in [-0.3, -0.25) is 0 Å². The Kier molecular flexibility index (Phi) is 11.9. The van der Waals surface area contributed by atoms with Gasteiger partial charge in [0.05, 0.1) is 12.3 Å². The topological polar surface area (TPSA) is 35.3 Å². The lowest BCUT2D eigenvalue weighted by molar-refractivity contribution is 0.309. The molecule has 1 heterocycles. The largest absolute Gasteiger partial charge is 0.494 e. The molecule has 0 saturated carbocycles. The Hall–Kier alpha value is -1.77. The maximum Gasteiger partial charge on any atom is 0.226 e. The first kappa shape index (κ1) is 20.2. The number of ether oxygens (including phenoxy) is 1. The molecule has 0 fully saturated rings. The van der Waals surface area contributed by atoms with Gasteiger partial charge in [-0.1, -0.05) is 48.0 Å². The zero-order valence-electron chi connectivity index (χ0n) is 15.0. The van der Waals surface area contributed by atoms with Gasteiger partial charge >= 0.3 is 0 Å². The summed E-state index contributed by atoms with van der Waals surface area (Å²) >= 11 is 0. The average molecular weight is 305 g/mol. The number of oxazole rings is 1. The van der Waals surface area contributed by atoms with Crippen LogP contribution in [0.3, 0.4) is 0 Å². The zero-order chi connectivity index (χ0) is 16.8. The van der Waals surface area contributed by atoms with Crippen LogP contribution >= 0.6 is 0 Å². The number of rotatable bonds is 6. The number of aryl methyl sites for hydroxylation is 1. The fourth-order valence-corrected chi connectivity index (χ4v) is 1.63. The fourth-order valence-electron chi connectivity index (χ4n) is 1.63. The minimum absolute atomic E-state index is 0.673. The van der Waals surface area contributed by atoms with E-state index < -0.39 is 0 Å². The molecule has 2 rings (SSSR count). The second-order valence-corrected chi connectivity index (χ2v) is 4.22. The lowest BCUT2D eigenvalue weighted by Gasteiger charge is -2.05. The lowest BCUT2D eigenvalue weighted by Crippen LogP contribution is -1.95. The molecule has 0 spiro atoms. The van der Waals surface area contributed by atoms with E-state index in [2.05, 4.69) is 18.8 Å².